The normalized spacial score (nSPS) is 17.5. The first-order chi connectivity index (χ1) is 16.1. The summed E-state index contributed by atoms with van der Waals surface area (Å²) in [5.74, 6) is 2.84. The van der Waals surface area contributed by atoms with E-state index < -0.39 is 0 Å². The molecule has 2 fully saturated rings. The van der Waals surface area contributed by atoms with E-state index in [1.165, 1.54) is 25.9 Å². The first kappa shape index (κ1) is 22.2. The van der Waals surface area contributed by atoms with Crippen LogP contribution in [0, 0.1) is 0 Å². The predicted octanol–water partition coefficient (Wildman–Crippen LogP) is 5.22. The van der Waals surface area contributed by atoms with E-state index in [1.54, 1.807) is 14.2 Å². The molecule has 0 spiro atoms. The molecule has 2 aliphatic rings. The second kappa shape index (κ2) is 9.73. The van der Waals surface area contributed by atoms with E-state index in [-0.39, 0.29) is 0 Å². The number of hydrogen-bond acceptors (Lipinski definition) is 7. The fraction of sp³-hybridized carbons (Fsp3) is 0.440. The van der Waals surface area contributed by atoms with E-state index in [1.807, 2.05) is 36.4 Å². The Balaban J connectivity index is 1.49. The topological polar surface area (TPSA) is 62.8 Å². The molecule has 0 atom stereocenters. The number of piperidine rings is 1. The maximum absolute atomic E-state index is 5.54. The van der Waals surface area contributed by atoms with Crippen molar-refractivity contribution in [1.29, 1.82) is 0 Å². The van der Waals surface area contributed by atoms with Gasteiger partial charge in [-0.3, -0.25) is 0 Å². The first-order valence-electron chi connectivity index (χ1n) is 11.6. The number of ether oxygens (including phenoxy) is 2. The Labute approximate surface area is 203 Å². The standard InChI is InChI=1S/C25H30BrN5O2/c1-32-22-15-20-21(16-23(22)33-2)28-25(29-24(20)27-18-7-5-6-17(26)14-18)31-12-8-19(9-13-31)30-10-3-4-11-30/h5-7,14-16,19H,3-4,8-13H2,1-2H3,(H,27,28,29). The van der Waals surface area contributed by atoms with Crippen LogP contribution in [0.15, 0.2) is 40.9 Å². The summed E-state index contributed by atoms with van der Waals surface area (Å²) in [6, 6.07) is 12.6. The van der Waals surface area contributed by atoms with Gasteiger partial charge in [-0.15, -0.1) is 0 Å². The van der Waals surface area contributed by atoms with Gasteiger partial charge in [0.05, 0.1) is 19.7 Å². The number of rotatable bonds is 6. The van der Waals surface area contributed by atoms with Crippen molar-refractivity contribution in [3.63, 3.8) is 0 Å². The van der Waals surface area contributed by atoms with Crippen molar-refractivity contribution in [2.45, 2.75) is 31.7 Å². The van der Waals surface area contributed by atoms with Crippen LogP contribution >= 0.6 is 15.9 Å². The molecule has 5 rings (SSSR count). The van der Waals surface area contributed by atoms with Crippen molar-refractivity contribution in [3.05, 3.63) is 40.9 Å². The number of fused-ring (bicyclic) bond motifs is 1. The average molecular weight is 512 g/mol. The van der Waals surface area contributed by atoms with Crippen molar-refractivity contribution in [1.82, 2.24) is 14.9 Å². The fourth-order valence-electron chi connectivity index (χ4n) is 4.92. The second-order valence-corrected chi connectivity index (χ2v) is 9.61. The van der Waals surface area contributed by atoms with Crippen molar-refractivity contribution in [2.24, 2.45) is 0 Å². The summed E-state index contributed by atoms with van der Waals surface area (Å²) in [6.07, 6.45) is 4.98. The molecule has 3 heterocycles. The van der Waals surface area contributed by atoms with Crippen LogP contribution in [-0.4, -0.2) is 61.3 Å². The zero-order valence-corrected chi connectivity index (χ0v) is 20.8. The molecule has 1 N–H and O–H groups in total. The van der Waals surface area contributed by atoms with Gasteiger partial charge >= 0.3 is 0 Å². The predicted molar refractivity (Wildman–Crippen MR) is 136 cm³/mol. The van der Waals surface area contributed by atoms with E-state index in [4.69, 9.17) is 19.4 Å². The van der Waals surface area contributed by atoms with E-state index in [0.29, 0.717) is 17.5 Å². The van der Waals surface area contributed by atoms with Gasteiger partial charge in [0, 0.05) is 40.7 Å². The van der Waals surface area contributed by atoms with Gasteiger partial charge in [-0.05, 0) is 63.0 Å². The molecule has 2 aliphatic heterocycles. The molecule has 3 aromatic rings. The minimum atomic E-state index is 0.657. The Kier molecular flexibility index (Phi) is 6.55. The van der Waals surface area contributed by atoms with Gasteiger partial charge in [-0.25, -0.2) is 4.98 Å². The minimum Gasteiger partial charge on any atom is -0.493 e. The van der Waals surface area contributed by atoms with Crippen LogP contribution < -0.4 is 19.7 Å². The maximum Gasteiger partial charge on any atom is 0.227 e. The number of benzene rings is 2. The van der Waals surface area contributed by atoms with E-state index in [9.17, 15) is 0 Å². The molecule has 7 nitrogen and oxygen atoms in total. The molecule has 0 radical (unpaired) electrons. The molecule has 0 aliphatic carbocycles. The number of methoxy groups -OCH3 is 2. The third-order valence-corrected chi connectivity index (χ3v) is 7.17. The highest BCUT2D eigenvalue weighted by Crippen LogP contribution is 2.36. The highest BCUT2D eigenvalue weighted by atomic mass is 79.9. The lowest BCUT2D eigenvalue weighted by Gasteiger charge is -2.36. The number of likely N-dealkylation sites (tertiary alicyclic amines) is 1. The number of halogens is 1. The summed E-state index contributed by atoms with van der Waals surface area (Å²) in [6.45, 7) is 4.44. The number of anilines is 3. The van der Waals surface area contributed by atoms with Crippen molar-refractivity contribution in [3.8, 4) is 11.5 Å². The Hall–Kier alpha value is -2.58. The van der Waals surface area contributed by atoms with Crippen LogP contribution in [0.2, 0.25) is 0 Å². The van der Waals surface area contributed by atoms with Crippen molar-refractivity contribution >= 4 is 44.3 Å². The van der Waals surface area contributed by atoms with Gasteiger partial charge in [0.2, 0.25) is 5.95 Å². The van der Waals surface area contributed by atoms with Gasteiger partial charge in [-0.1, -0.05) is 22.0 Å². The van der Waals surface area contributed by atoms with Gasteiger partial charge < -0.3 is 24.6 Å². The summed E-state index contributed by atoms with van der Waals surface area (Å²) in [4.78, 5) is 14.9. The Morgan fingerprint density at radius 2 is 1.67 bits per heavy atom. The van der Waals surface area contributed by atoms with E-state index >= 15 is 0 Å². The second-order valence-electron chi connectivity index (χ2n) is 8.69. The molecule has 1 aromatic heterocycles. The molecule has 33 heavy (non-hydrogen) atoms. The van der Waals surface area contributed by atoms with Crippen molar-refractivity contribution in [2.75, 3.05) is 50.6 Å². The number of nitrogens with zero attached hydrogens (tertiary/aromatic N) is 4. The maximum atomic E-state index is 5.54. The molecule has 2 saturated heterocycles. The van der Waals surface area contributed by atoms with Crippen molar-refractivity contribution < 1.29 is 9.47 Å². The largest absolute Gasteiger partial charge is 0.493 e. The zero-order valence-electron chi connectivity index (χ0n) is 19.2. The van der Waals surface area contributed by atoms with E-state index in [0.717, 1.165) is 58.8 Å². The van der Waals surface area contributed by atoms with Crippen LogP contribution in [0.3, 0.4) is 0 Å². The summed E-state index contributed by atoms with van der Waals surface area (Å²) in [7, 11) is 3.29. The van der Waals surface area contributed by atoms with Gasteiger partial charge in [0.15, 0.2) is 11.5 Å². The average Bonchev–Trinajstić information content (AvgIpc) is 3.38. The molecular formula is C25H30BrN5O2. The Bertz CT molecular complexity index is 1130. The van der Waals surface area contributed by atoms with Gasteiger partial charge in [-0.2, -0.15) is 4.98 Å². The lowest BCUT2D eigenvalue weighted by Crippen LogP contribution is -2.44. The third-order valence-electron chi connectivity index (χ3n) is 6.68. The van der Waals surface area contributed by atoms with Crippen LogP contribution in [0.5, 0.6) is 11.5 Å². The molecule has 0 unspecified atom stereocenters. The Morgan fingerprint density at radius 1 is 0.939 bits per heavy atom. The highest BCUT2D eigenvalue weighted by Gasteiger charge is 2.28. The molecule has 174 valence electrons. The van der Waals surface area contributed by atoms with Gasteiger partial charge in [0.25, 0.3) is 0 Å². The van der Waals surface area contributed by atoms with E-state index in [2.05, 4.69) is 31.0 Å². The van der Waals surface area contributed by atoms with Crippen LogP contribution in [-0.2, 0) is 0 Å². The monoisotopic (exact) mass is 511 g/mol. The zero-order chi connectivity index (χ0) is 22.8. The molecule has 8 heteroatoms. The van der Waals surface area contributed by atoms with Gasteiger partial charge in [0.1, 0.15) is 5.82 Å². The smallest absolute Gasteiger partial charge is 0.227 e. The molecular weight excluding hydrogens is 482 g/mol. The van der Waals surface area contributed by atoms with Crippen LogP contribution in [0.1, 0.15) is 25.7 Å². The quantitative estimate of drug-likeness (QED) is 0.486. The number of hydrogen-bond donors (Lipinski definition) is 1. The molecule has 0 amide bonds. The van der Waals surface area contributed by atoms with Crippen LogP contribution in [0.4, 0.5) is 17.5 Å². The molecule has 0 bridgehead atoms. The SMILES string of the molecule is COc1cc2nc(N3CCC(N4CCCC4)CC3)nc(Nc3cccc(Br)c3)c2cc1OC. The fourth-order valence-corrected chi connectivity index (χ4v) is 5.32. The molecule has 2 aromatic carbocycles. The third kappa shape index (κ3) is 4.73. The lowest BCUT2D eigenvalue weighted by atomic mass is 10.0. The number of aromatic nitrogens is 2. The summed E-state index contributed by atoms with van der Waals surface area (Å²) >= 11 is 3.56. The Morgan fingerprint density at radius 3 is 2.36 bits per heavy atom. The van der Waals surface area contributed by atoms with Crippen LogP contribution in [0.25, 0.3) is 10.9 Å². The minimum absolute atomic E-state index is 0.657. The summed E-state index contributed by atoms with van der Waals surface area (Å²) in [5, 5.41) is 4.39. The first-order valence-corrected chi connectivity index (χ1v) is 12.4. The highest BCUT2D eigenvalue weighted by molar-refractivity contribution is 9.10. The molecule has 0 saturated carbocycles. The summed E-state index contributed by atoms with van der Waals surface area (Å²) in [5.41, 5.74) is 1.79. The summed E-state index contributed by atoms with van der Waals surface area (Å²) < 4.78 is 12.1. The number of nitrogens with one attached hydrogen (secondary N) is 1. The lowest BCUT2D eigenvalue weighted by molar-refractivity contribution is 0.207.